The molecule has 144 valence electrons. The van der Waals surface area contributed by atoms with Crippen LogP contribution in [-0.2, 0) is 4.74 Å². The second kappa shape index (κ2) is 7.76. The summed E-state index contributed by atoms with van der Waals surface area (Å²) in [6.45, 7) is 3.13. The third-order valence-corrected chi connectivity index (χ3v) is 5.19. The van der Waals surface area contributed by atoms with Crippen LogP contribution < -0.4 is 0 Å². The van der Waals surface area contributed by atoms with Gasteiger partial charge in [0.1, 0.15) is 0 Å². The van der Waals surface area contributed by atoms with Crippen LogP contribution in [-0.4, -0.2) is 36.5 Å². The van der Waals surface area contributed by atoms with Gasteiger partial charge in [-0.1, -0.05) is 36.4 Å². The monoisotopic (exact) mass is 384 g/mol. The predicted octanol–water partition coefficient (Wildman–Crippen LogP) is 4.28. The topological polar surface area (TPSA) is 70.4 Å². The van der Waals surface area contributed by atoms with E-state index in [4.69, 9.17) is 10.00 Å². The average molecular weight is 384 g/mol. The summed E-state index contributed by atoms with van der Waals surface area (Å²) in [4.78, 5) is 26.2. The number of hydrogen-bond donors (Lipinski definition) is 0. The molecule has 1 heterocycles. The molecule has 1 aliphatic heterocycles. The van der Waals surface area contributed by atoms with Gasteiger partial charge in [-0.2, -0.15) is 5.26 Å². The van der Waals surface area contributed by atoms with Crippen LogP contribution in [0.1, 0.15) is 27.6 Å². The minimum Gasteiger partial charge on any atom is -0.462 e. The van der Waals surface area contributed by atoms with Crippen molar-refractivity contribution in [3.8, 4) is 17.2 Å². The van der Waals surface area contributed by atoms with Crippen molar-refractivity contribution in [2.75, 3.05) is 19.7 Å². The maximum Gasteiger partial charge on any atom is 0.338 e. The van der Waals surface area contributed by atoms with E-state index in [1.807, 2.05) is 48.5 Å². The number of esters is 1. The fourth-order valence-corrected chi connectivity index (χ4v) is 3.58. The van der Waals surface area contributed by atoms with Crippen LogP contribution in [0, 0.1) is 17.2 Å². The predicted molar refractivity (Wildman–Crippen MR) is 110 cm³/mol. The summed E-state index contributed by atoms with van der Waals surface area (Å²) in [7, 11) is 0. The van der Waals surface area contributed by atoms with E-state index in [2.05, 4.69) is 6.07 Å². The molecule has 0 aromatic heterocycles. The average Bonchev–Trinajstić information content (AvgIpc) is 2.72. The molecule has 0 aliphatic carbocycles. The Bertz CT molecular complexity index is 1120. The molecule has 0 N–H and O–H groups in total. The molecule has 0 unspecified atom stereocenters. The zero-order valence-electron chi connectivity index (χ0n) is 16.1. The zero-order valence-corrected chi connectivity index (χ0v) is 16.1. The number of likely N-dealkylation sites (tertiary alicyclic amines) is 1. The molecule has 5 heteroatoms. The second-order valence-corrected chi connectivity index (χ2v) is 7.08. The van der Waals surface area contributed by atoms with E-state index < -0.39 is 0 Å². The molecule has 3 aromatic rings. The molecular weight excluding hydrogens is 364 g/mol. The maximum atomic E-state index is 12.6. The van der Waals surface area contributed by atoms with Gasteiger partial charge < -0.3 is 9.64 Å². The molecule has 1 amide bonds. The standard InChI is InChI=1S/C24H20N2O3/c1-2-29-24(28)18-8-6-17(7-9-18)21-5-3-4-19-12-20(10-11-22(19)21)23(27)26-14-16(13-25)15-26/h3-12,16H,2,14-15H2,1H3. The van der Waals surface area contributed by atoms with Gasteiger partial charge in [-0.3, -0.25) is 4.79 Å². The SMILES string of the molecule is CCOC(=O)c1ccc(-c2cccc3cc(C(=O)N4CC(C#N)C4)ccc23)cc1. The number of nitriles is 1. The zero-order chi connectivity index (χ0) is 20.4. The number of nitrogens with zero attached hydrogens (tertiary/aromatic N) is 2. The summed E-state index contributed by atoms with van der Waals surface area (Å²) in [6, 6.07) is 21.2. The first kappa shape index (κ1) is 18.7. The molecule has 0 saturated carbocycles. The number of amides is 1. The van der Waals surface area contributed by atoms with E-state index in [1.165, 1.54) is 0 Å². The molecule has 0 spiro atoms. The van der Waals surface area contributed by atoms with Crippen molar-refractivity contribution in [2.45, 2.75) is 6.92 Å². The maximum absolute atomic E-state index is 12.6. The van der Waals surface area contributed by atoms with Gasteiger partial charge in [-0.05, 0) is 53.1 Å². The van der Waals surface area contributed by atoms with Crippen molar-refractivity contribution in [1.82, 2.24) is 4.90 Å². The van der Waals surface area contributed by atoms with Crippen molar-refractivity contribution in [1.29, 1.82) is 5.26 Å². The minimum absolute atomic E-state index is 0.0393. The fourth-order valence-electron chi connectivity index (χ4n) is 3.58. The van der Waals surface area contributed by atoms with Gasteiger partial charge in [0.2, 0.25) is 0 Å². The highest BCUT2D eigenvalue weighted by atomic mass is 16.5. The highest BCUT2D eigenvalue weighted by Gasteiger charge is 2.31. The molecular formula is C24H20N2O3. The van der Waals surface area contributed by atoms with Crippen molar-refractivity contribution in [3.05, 3.63) is 71.8 Å². The number of carbonyl (C=O) groups is 2. The Morgan fingerprint density at radius 3 is 2.48 bits per heavy atom. The van der Waals surface area contributed by atoms with Crippen LogP contribution in [0.25, 0.3) is 21.9 Å². The Labute approximate surface area is 169 Å². The summed E-state index contributed by atoms with van der Waals surface area (Å²) in [5.41, 5.74) is 3.17. The molecule has 4 rings (SSSR count). The van der Waals surface area contributed by atoms with Crippen LogP contribution in [0.5, 0.6) is 0 Å². The smallest absolute Gasteiger partial charge is 0.338 e. The Kier molecular flexibility index (Phi) is 5.01. The number of hydrogen-bond acceptors (Lipinski definition) is 4. The van der Waals surface area contributed by atoms with Gasteiger partial charge in [-0.25, -0.2) is 4.79 Å². The summed E-state index contributed by atoms with van der Waals surface area (Å²) in [5, 5.41) is 10.9. The van der Waals surface area contributed by atoms with Crippen molar-refractivity contribution >= 4 is 22.6 Å². The van der Waals surface area contributed by atoms with E-state index in [1.54, 1.807) is 24.0 Å². The minimum atomic E-state index is -0.329. The van der Waals surface area contributed by atoms with E-state index in [0.717, 1.165) is 21.9 Å². The molecule has 1 aliphatic rings. The van der Waals surface area contributed by atoms with Gasteiger partial charge in [0.25, 0.3) is 5.91 Å². The van der Waals surface area contributed by atoms with Gasteiger partial charge in [0, 0.05) is 18.7 Å². The lowest BCUT2D eigenvalue weighted by Crippen LogP contribution is -2.49. The quantitative estimate of drug-likeness (QED) is 0.630. The lowest BCUT2D eigenvalue weighted by molar-refractivity contribution is 0.0525. The highest BCUT2D eigenvalue weighted by Crippen LogP contribution is 2.30. The molecule has 0 radical (unpaired) electrons. The first-order valence-electron chi connectivity index (χ1n) is 9.60. The van der Waals surface area contributed by atoms with Crippen LogP contribution >= 0.6 is 0 Å². The Hall–Kier alpha value is -3.65. The van der Waals surface area contributed by atoms with E-state index >= 15 is 0 Å². The summed E-state index contributed by atoms with van der Waals surface area (Å²) in [5.74, 6) is -0.420. The molecule has 0 bridgehead atoms. The van der Waals surface area contributed by atoms with Crippen molar-refractivity contribution in [2.24, 2.45) is 5.92 Å². The third-order valence-electron chi connectivity index (χ3n) is 5.19. The second-order valence-electron chi connectivity index (χ2n) is 7.08. The fraction of sp³-hybridized carbons (Fsp3) is 0.208. The summed E-state index contributed by atoms with van der Waals surface area (Å²) < 4.78 is 5.03. The van der Waals surface area contributed by atoms with Crippen molar-refractivity contribution in [3.63, 3.8) is 0 Å². The largest absolute Gasteiger partial charge is 0.462 e. The van der Waals surface area contributed by atoms with E-state index in [0.29, 0.717) is 30.8 Å². The molecule has 29 heavy (non-hydrogen) atoms. The first-order chi connectivity index (χ1) is 14.1. The Morgan fingerprint density at radius 2 is 1.79 bits per heavy atom. The van der Waals surface area contributed by atoms with E-state index in [-0.39, 0.29) is 17.8 Å². The van der Waals surface area contributed by atoms with E-state index in [9.17, 15) is 9.59 Å². The van der Waals surface area contributed by atoms with Crippen LogP contribution in [0.2, 0.25) is 0 Å². The van der Waals surface area contributed by atoms with Gasteiger partial charge in [0.05, 0.1) is 24.2 Å². The third kappa shape index (κ3) is 3.57. The number of fused-ring (bicyclic) bond motifs is 1. The number of benzene rings is 3. The summed E-state index contributed by atoms with van der Waals surface area (Å²) >= 11 is 0. The molecule has 1 fully saturated rings. The van der Waals surface area contributed by atoms with Gasteiger partial charge in [-0.15, -0.1) is 0 Å². The number of carbonyl (C=O) groups excluding carboxylic acids is 2. The van der Waals surface area contributed by atoms with Crippen LogP contribution in [0.15, 0.2) is 60.7 Å². The van der Waals surface area contributed by atoms with Crippen molar-refractivity contribution < 1.29 is 14.3 Å². The Morgan fingerprint density at radius 1 is 1.07 bits per heavy atom. The van der Waals surface area contributed by atoms with Gasteiger partial charge in [0.15, 0.2) is 0 Å². The molecule has 0 atom stereocenters. The Balaban J connectivity index is 1.62. The molecule has 5 nitrogen and oxygen atoms in total. The number of ether oxygens (including phenoxy) is 1. The van der Waals surface area contributed by atoms with Gasteiger partial charge >= 0.3 is 5.97 Å². The lowest BCUT2D eigenvalue weighted by atomic mass is 9.95. The molecule has 1 saturated heterocycles. The highest BCUT2D eigenvalue weighted by molar-refractivity contribution is 6.03. The lowest BCUT2D eigenvalue weighted by Gasteiger charge is -2.35. The van der Waals surface area contributed by atoms with Crippen LogP contribution in [0.3, 0.4) is 0 Å². The first-order valence-corrected chi connectivity index (χ1v) is 9.60. The van der Waals surface area contributed by atoms with Crippen LogP contribution in [0.4, 0.5) is 0 Å². The number of rotatable bonds is 4. The molecule has 3 aromatic carbocycles. The normalized spacial score (nSPS) is 13.6. The summed E-state index contributed by atoms with van der Waals surface area (Å²) in [6.07, 6.45) is 0.